The molecule has 2 aromatic carbocycles. The van der Waals surface area contributed by atoms with E-state index in [4.69, 9.17) is 14.2 Å². The maximum atomic E-state index is 13.0. The first kappa shape index (κ1) is 20.5. The van der Waals surface area contributed by atoms with Gasteiger partial charge in [-0.2, -0.15) is 0 Å². The molecule has 0 saturated carbocycles. The maximum absolute atomic E-state index is 13.0. The molecule has 1 aliphatic rings. The van der Waals surface area contributed by atoms with Crippen molar-refractivity contribution in [1.82, 2.24) is 9.55 Å². The van der Waals surface area contributed by atoms with Gasteiger partial charge in [-0.25, -0.2) is 4.98 Å². The first-order valence-corrected chi connectivity index (χ1v) is 10.3. The molecule has 1 fully saturated rings. The molecule has 3 aromatic rings. The highest BCUT2D eigenvalue weighted by molar-refractivity contribution is 7.99. The standard InChI is InChI=1S/C22H22N2O5S/c1-14-3-6-16(7-4-14)30-21-22(26)24(10-9-23-21)15-5-8-18(19(11-15)27-2)29-20-13-28-12-17(20)25/h3-11,17,20,25H,12-13H2,1-2H3/t17-,20+/m1/s1. The molecule has 0 unspecified atom stereocenters. The Morgan fingerprint density at radius 3 is 2.67 bits per heavy atom. The van der Waals surface area contributed by atoms with E-state index >= 15 is 0 Å². The number of rotatable bonds is 6. The van der Waals surface area contributed by atoms with Gasteiger partial charge in [-0.3, -0.25) is 9.36 Å². The Labute approximate surface area is 178 Å². The van der Waals surface area contributed by atoms with Crippen LogP contribution < -0.4 is 15.0 Å². The summed E-state index contributed by atoms with van der Waals surface area (Å²) in [6.45, 7) is 2.58. The largest absolute Gasteiger partial charge is 0.493 e. The molecule has 1 aliphatic heterocycles. The number of methoxy groups -OCH3 is 1. The van der Waals surface area contributed by atoms with Crippen molar-refractivity contribution >= 4 is 11.8 Å². The molecular formula is C22H22N2O5S. The molecule has 30 heavy (non-hydrogen) atoms. The minimum absolute atomic E-state index is 0.224. The third-order valence-corrected chi connectivity index (χ3v) is 5.73. The second-order valence-electron chi connectivity index (χ2n) is 6.92. The molecule has 1 aromatic heterocycles. The second-order valence-corrected chi connectivity index (χ2v) is 7.98. The molecule has 0 amide bonds. The lowest BCUT2D eigenvalue weighted by molar-refractivity contribution is 0.0715. The van der Waals surface area contributed by atoms with Gasteiger partial charge in [0.15, 0.2) is 22.6 Å². The van der Waals surface area contributed by atoms with Gasteiger partial charge < -0.3 is 19.3 Å². The van der Waals surface area contributed by atoms with E-state index in [0.717, 1.165) is 10.5 Å². The summed E-state index contributed by atoms with van der Waals surface area (Å²) in [5.41, 5.74) is 1.56. The number of hydrogen-bond acceptors (Lipinski definition) is 7. The van der Waals surface area contributed by atoms with Gasteiger partial charge in [0.25, 0.3) is 5.56 Å². The monoisotopic (exact) mass is 426 g/mol. The van der Waals surface area contributed by atoms with Crippen molar-refractivity contribution in [2.75, 3.05) is 20.3 Å². The number of aryl methyl sites for hydroxylation is 1. The number of aliphatic hydroxyl groups excluding tert-OH is 1. The molecule has 1 N–H and O–H groups in total. The number of ether oxygens (including phenoxy) is 3. The zero-order valence-electron chi connectivity index (χ0n) is 16.6. The van der Waals surface area contributed by atoms with Gasteiger partial charge in [-0.05, 0) is 31.2 Å². The summed E-state index contributed by atoms with van der Waals surface area (Å²) < 4.78 is 18.0. The lowest BCUT2D eigenvalue weighted by Gasteiger charge is -2.18. The van der Waals surface area contributed by atoms with Gasteiger partial charge in [0.05, 0.1) is 26.0 Å². The molecule has 8 heteroatoms. The fourth-order valence-electron chi connectivity index (χ4n) is 3.09. The Balaban J connectivity index is 1.62. The Hall–Kier alpha value is -2.81. The molecule has 156 valence electrons. The number of aromatic nitrogens is 2. The van der Waals surface area contributed by atoms with E-state index in [1.807, 2.05) is 31.2 Å². The molecule has 7 nitrogen and oxygen atoms in total. The molecule has 1 saturated heterocycles. The molecule has 2 heterocycles. The average molecular weight is 426 g/mol. The Bertz CT molecular complexity index is 1080. The van der Waals surface area contributed by atoms with Crippen LogP contribution in [0, 0.1) is 6.92 Å². The van der Waals surface area contributed by atoms with Crippen LogP contribution in [0.3, 0.4) is 0 Å². The van der Waals surface area contributed by atoms with Crippen LogP contribution in [0.4, 0.5) is 0 Å². The van der Waals surface area contributed by atoms with Crippen molar-refractivity contribution in [2.24, 2.45) is 0 Å². The summed E-state index contributed by atoms with van der Waals surface area (Å²) in [7, 11) is 1.53. The van der Waals surface area contributed by atoms with Gasteiger partial charge in [0, 0.05) is 23.4 Å². The second kappa shape index (κ2) is 8.91. The third kappa shape index (κ3) is 4.35. The van der Waals surface area contributed by atoms with Gasteiger partial charge in [0.2, 0.25) is 0 Å². The van der Waals surface area contributed by atoms with E-state index in [1.54, 1.807) is 30.6 Å². The number of aliphatic hydroxyl groups is 1. The molecule has 0 spiro atoms. The highest BCUT2D eigenvalue weighted by Gasteiger charge is 2.29. The zero-order valence-corrected chi connectivity index (χ0v) is 17.5. The van der Waals surface area contributed by atoms with Crippen LogP contribution in [0.5, 0.6) is 11.5 Å². The van der Waals surface area contributed by atoms with Crippen LogP contribution in [0.2, 0.25) is 0 Å². The smallest absolute Gasteiger partial charge is 0.287 e. The minimum atomic E-state index is -0.682. The fourth-order valence-corrected chi connectivity index (χ4v) is 3.88. The molecule has 0 aliphatic carbocycles. The van der Waals surface area contributed by atoms with Gasteiger partial charge >= 0.3 is 0 Å². The zero-order chi connectivity index (χ0) is 21.1. The Morgan fingerprint density at radius 2 is 1.97 bits per heavy atom. The maximum Gasteiger partial charge on any atom is 0.287 e. The molecular weight excluding hydrogens is 404 g/mol. The van der Waals surface area contributed by atoms with Crippen molar-refractivity contribution in [2.45, 2.75) is 29.1 Å². The quantitative estimate of drug-likeness (QED) is 0.649. The topological polar surface area (TPSA) is 82.8 Å². The molecule has 0 radical (unpaired) electrons. The lowest BCUT2D eigenvalue weighted by Crippen LogP contribution is -2.29. The summed E-state index contributed by atoms with van der Waals surface area (Å²) in [5.74, 6) is 0.940. The normalized spacial score (nSPS) is 18.4. The van der Waals surface area contributed by atoms with E-state index in [0.29, 0.717) is 28.8 Å². The van der Waals surface area contributed by atoms with Crippen LogP contribution in [-0.2, 0) is 4.74 Å². The Morgan fingerprint density at radius 1 is 1.17 bits per heavy atom. The first-order valence-electron chi connectivity index (χ1n) is 9.48. The van der Waals surface area contributed by atoms with Crippen molar-refractivity contribution < 1.29 is 19.3 Å². The highest BCUT2D eigenvalue weighted by atomic mass is 32.2. The van der Waals surface area contributed by atoms with Crippen LogP contribution in [0.25, 0.3) is 5.69 Å². The average Bonchev–Trinajstić information content (AvgIpc) is 3.16. The van der Waals surface area contributed by atoms with E-state index in [2.05, 4.69) is 4.98 Å². The van der Waals surface area contributed by atoms with Crippen LogP contribution in [0.1, 0.15) is 5.56 Å². The molecule has 0 bridgehead atoms. The predicted molar refractivity (Wildman–Crippen MR) is 113 cm³/mol. The SMILES string of the molecule is COc1cc(-n2ccnc(Sc3ccc(C)cc3)c2=O)ccc1O[C@H]1COC[C@H]1O. The number of benzene rings is 2. The fraction of sp³-hybridized carbons (Fsp3) is 0.273. The van der Waals surface area contributed by atoms with Gasteiger partial charge in [0.1, 0.15) is 6.10 Å². The minimum Gasteiger partial charge on any atom is -0.493 e. The summed E-state index contributed by atoms with van der Waals surface area (Å²) in [5, 5.41) is 10.3. The summed E-state index contributed by atoms with van der Waals surface area (Å²) in [6, 6.07) is 13.1. The molecule has 2 atom stereocenters. The summed E-state index contributed by atoms with van der Waals surface area (Å²) in [6.07, 6.45) is 2.08. The van der Waals surface area contributed by atoms with E-state index in [-0.39, 0.29) is 12.2 Å². The highest BCUT2D eigenvalue weighted by Crippen LogP contribution is 2.31. The van der Waals surface area contributed by atoms with Gasteiger partial charge in [-0.1, -0.05) is 29.5 Å². The Kier molecular flexibility index (Phi) is 6.08. The van der Waals surface area contributed by atoms with Crippen LogP contribution in [0.15, 0.2) is 69.6 Å². The van der Waals surface area contributed by atoms with E-state index < -0.39 is 12.2 Å². The third-order valence-electron chi connectivity index (χ3n) is 4.75. The summed E-state index contributed by atoms with van der Waals surface area (Å²) in [4.78, 5) is 18.2. The predicted octanol–water partition coefficient (Wildman–Crippen LogP) is 2.84. The van der Waals surface area contributed by atoms with Crippen molar-refractivity contribution in [1.29, 1.82) is 0 Å². The van der Waals surface area contributed by atoms with Gasteiger partial charge in [-0.15, -0.1) is 0 Å². The van der Waals surface area contributed by atoms with Crippen molar-refractivity contribution in [3.63, 3.8) is 0 Å². The number of nitrogens with zero attached hydrogens (tertiary/aromatic N) is 2. The summed E-state index contributed by atoms with van der Waals surface area (Å²) >= 11 is 1.32. The van der Waals surface area contributed by atoms with Crippen LogP contribution in [-0.4, -0.2) is 47.2 Å². The van der Waals surface area contributed by atoms with Crippen molar-refractivity contribution in [3.05, 3.63) is 70.8 Å². The van der Waals surface area contributed by atoms with Crippen molar-refractivity contribution in [3.8, 4) is 17.2 Å². The first-order chi connectivity index (χ1) is 14.5. The van der Waals surface area contributed by atoms with Crippen LogP contribution >= 0.6 is 11.8 Å². The van der Waals surface area contributed by atoms with E-state index in [9.17, 15) is 9.90 Å². The molecule has 4 rings (SSSR count). The lowest BCUT2D eigenvalue weighted by atomic mass is 10.2. The van der Waals surface area contributed by atoms with E-state index in [1.165, 1.54) is 23.4 Å². The number of hydrogen-bond donors (Lipinski definition) is 1.